The first-order chi connectivity index (χ1) is 12.7. The van der Waals surface area contributed by atoms with Gasteiger partial charge in [0.25, 0.3) is 5.91 Å². The SMILES string of the molecule is O=C(c1csc(-c2ccccc2)n1)N1CCCC1Cc1cccc(F)c1. The largest absolute Gasteiger partial charge is 0.334 e. The van der Waals surface area contributed by atoms with Crippen LogP contribution in [0.1, 0.15) is 28.9 Å². The van der Waals surface area contributed by atoms with Gasteiger partial charge in [-0.25, -0.2) is 9.37 Å². The molecule has 4 rings (SSSR count). The molecule has 0 saturated carbocycles. The zero-order valence-corrected chi connectivity index (χ0v) is 15.1. The van der Waals surface area contributed by atoms with Crippen LogP contribution in [-0.2, 0) is 6.42 Å². The molecule has 1 amide bonds. The number of hydrogen-bond acceptors (Lipinski definition) is 3. The van der Waals surface area contributed by atoms with Gasteiger partial charge in [0, 0.05) is 23.5 Å². The van der Waals surface area contributed by atoms with Crippen LogP contribution < -0.4 is 0 Å². The van der Waals surface area contributed by atoms with Gasteiger partial charge in [0.2, 0.25) is 0 Å². The van der Waals surface area contributed by atoms with E-state index in [0.29, 0.717) is 12.1 Å². The highest BCUT2D eigenvalue weighted by Crippen LogP contribution is 2.27. The van der Waals surface area contributed by atoms with Crippen LogP contribution in [0, 0.1) is 5.82 Å². The molecule has 3 nitrogen and oxygen atoms in total. The first kappa shape index (κ1) is 16.9. The van der Waals surface area contributed by atoms with Gasteiger partial charge in [-0.1, -0.05) is 42.5 Å². The third-order valence-electron chi connectivity index (χ3n) is 4.74. The minimum atomic E-state index is -0.231. The van der Waals surface area contributed by atoms with Gasteiger partial charge in [0.1, 0.15) is 16.5 Å². The monoisotopic (exact) mass is 366 g/mol. The zero-order valence-electron chi connectivity index (χ0n) is 14.3. The third kappa shape index (κ3) is 3.53. The van der Waals surface area contributed by atoms with E-state index in [0.717, 1.165) is 35.5 Å². The van der Waals surface area contributed by atoms with E-state index < -0.39 is 0 Å². The quantitative estimate of drug-likeness (QED) is 0.665. The second-order valence-corrected chi connectivity index (χ2v) is 7.39. The lowest BCUT2D eigenvalue weighted by Crippen LogP contribution is -2.37. The summed E-state index contributed by atoms with van der Waals surface area (Å²) in [5.74, 6) is -0.257. The second-order valence-electron chi connectivity index (χ2n) is 6.53. The summed E-state index contributed by atoms with van der Waals surface area (Å²) < 4.78 is 13.4. The first-order valence-corrected chi connectivity index (χ1v) is 9.65. The molecule has 2 heterocycles. The number of benzene rings is 2. The fourth-order valence-electron chi connectivity index (χ4n) is 3.48. The van der Waals surface area contributed by atoms with Gasteiger partial charge in [0.05, 0.1) is 0 Å². The number of amides is 1. The van der Waals surface area contributed by atoms with Crippen LogP contribution in [-0.4, -0.2) is 28.4 Å². The summed E-state index contributed by atoms with van der Waals surface area (Å²) in [5.41, 5.74) is 2.45. The molecule has 1 unspecified atom stereocenters. The van der Waals surface area contributed by atoms with Gasteiger partial charge in [-0.05, 0) is 37.0 Å². The minimum absolute atomic E-state index is 0.0256. The molecule has 0 bridgehead atoms. The lowest BCUT2D eigenvalue weighted by atomic mass is 10.0. The number of nitrogens with zero attached hydrogens (tertiary/aromatic N) is 2. The van der Waals surface area contributed by atoms with E-state index in [1.807, 2.05) is 46.7 Å². The number of hydrogen-bond donors (Lipinski definition) is 0. The summed E-state index contributed by atoms with van der Waals surface area (Å²) >= 11 is 1.49. The highest BCUT2D eigenvalue weighted by molar-refractivity contribution is 7.13. The molecular weight excluding hydrogens is 347 g/mol. The summed E-state index contributed by atoms with van der Waals surface area (Å²) in [6.45, 7) is 0.733. The Kier molecular flexibility index (Phi) is 4.80. The van der Waals surface area contributed by atoms with Crippen molar-refractivity contribution >= 4 is 17.2 Å². The zero-order chi connectivity index (χ0) is 17.9. The third-order valence-corrected chi connectivity index (χ3v) is 5.63. The van der Waals surface area contributed by atoms with Crippen molar-refractivity contribution in [3.63, 3.8) is 0 Å². The molecule has 2 aromatic carbocycles. The van der Waals surface area contributed by atoms with E-state index in [2.05, 4.69) is 4.98 Å². The Morgan fingerprint density at radius 3 is 2.85 bits per heavy atom. The molecular formula is C21H19FN2OS. The number of rotatable bonds is 4. The predicted molar refractivity (Wildman–Crippen MR) is 102 cm³/mol. The van der Waals surface area contributed by atoms with E-state index in [4.69, 9.17) is 0 Å². The van der Waals surface area contributed by atoms with Crippen LogP contribution in [0.3, 0.4) is 0 Å². The number of carbonyl (C=O) groups is 1. The fraction of sp³-hybridized carbons (Fsp3) is 0.238. The topological polar surface area (TPSA) is 33.2 Å². The average molecular weight is 366 g/mol. The molecule has 1 aliphatic rings. The number of thiazole rings is 1. The van der Waals surface area contributed by atoms with Crippen LogP contribution in [0.15, 0.2) is 60.0 Å². The van der Waals surface area contributed by atoms with Crippen molar-refractivity contribution in [2.45, 2.75) is 25.3 Å². The predicted octanol–water partition coefficient (Wildman–Crippen LogP) is 4.80. The van der Waals surface area contributed by atoms with Crippen molar-refractivity contribution in [1.82, 2.24) is 9.88 Å². The van der Waals surface area contributed by atoms with E-state index in [9.17, 15) is 9.18 Å². The molecule has 5 heteroatoms. The maximum absolute atomic E-state index is 13.4. The van der Waals surface area contributed by atoms with Crippen molar-refractivity contribution < 1.29 is 9.18 Å². The van der Waals surface area contributed by atoms with Gasteiger partial charge >= 0.3 is 0 Å². The van der Waals surface area contributed by atoms with Crippen molar-refractivity contribution in [1.29, 1.82) is 0 Å². The highest BCUT2D eigenvalue weighted by Gasteiger charge is 2.30. The smallest absolute Gasteiger partial charge is 0.273 e. The van der Waals surface area contributed by atoms with Crippen molar-refractivity contribution in [2.75, 3.05) is 6.54 Å². The van der Waals surface area contributed by atoms with Crippen LogP contribution in [0.25, 0.3) is 10.6 Å². The molecule has 1 atom stereocenters. The van der Waals surface area contributed by atoms with E-state index in [1.165, 1.54) is 17.4 Å². The van der Waals surface area contributed by atoms with Crippen molar-refractivity contribution in [3.8, 4) is 10.6 Å². The van der Waals surface area contributed by atoms with E-state index in [-0.39, 0.29) is 17.8 Å². The molecule has 1 fully saturated rings. The molecule has 3 aromatic rings. The van der Waals surface area contributed by atoms with Gasteiger partial charge < -0.3 is 4.90 Å². The summed E-state index contributed by atoms with van der Waals surface area (Å²) in [6.07, 6.45) is 2.60. The minimum Gasteiger partial charge on any atom is -0.334 e. The Morgan fingerprint density at radius 2 is 2.04 bits per heavy atom. The molecule has 1 saturated heterocycles. The summed E-state index contributed by atoms with van der Waals surface area (Å²) in [7, 11) is 0. The lowest BCUT2D eigenvalue weighted by molar-refractivity contribution is 0.0731. The molecule has 26 heavy (non-hydrogen) atoms. The first-order valence-electron chi connectivity index (χ1n) is 8.77. The molecule has 132 valence electrons. The summed E-state index contributed by atoms with van der Waals surface area (Å²) in [6, 6.07) is 16.6. The maximum Gasteiger partial charge on any atom is 0.273 e. The molecule has 0 N–H and O–H groups in total. The Balaban J connectivity index is 1.51. The van der Waals surface area contributed by atoms with Crippen molar-refractivity contribution in [2.24, 2.45) is 0 Å². The Labute approximate surface area is 156 Å². The van der Waals surface area contributed by atoms with E-state index >= 15 is 0 Å². The molecule has 0 spiro atoms. The van der Waals surface area contributed by atoms with Crippen molar-refractivity contribution in [3.05, 3.63) is 77.1 Å². The van der Waals surface area contributed by atoms with Gasteiger partial charge in [0.15, 0.2) is 0 Å². The standard InChI is InChI=1S/C21H19FN2OS/c22-17-9-4-6-15(12-17)13-18-10-5-11-24(18)21(25)19-14-26-20(23-19)16-7-2-1-3-8-16/h1-4,6-9,12,14,18H,5,10-11,13H2. The number of likely N-dealkylation sites (tertiary alicyclic amines) is 1. The van der Waals surface area contributed by atoms with Crippen LogP contribution in [0.4, 0.5) is 4.39 Å². The van der Waals surface area contributed by atoms with Gasteiger partial charge in [-0.3, -0.25) is 4.79 Å². The lowest BCUT2D eigenvalue weighted by Gasteiger charge is -2.24. The Hall–Kier alpha value is -2.53. The molecule has 1 aromatic heterocycles. The number of aromatic nitrogens is 1. The van der Waals surface area contributed by atoms with Gasteiger partial charge in [-0.15, -0.1) is 11.3 Å². The maximum atomic E-state index is 13.4. The van der Waals surface area contributed by atoms with Gasteiger partial charge in [-0.2, -0.15) is 0 Å². The van der Waals surface area contributed by atoms with Crippen LogP contribution in [0.5, 0.6) is 0 Å². The normalized spacial score (nSPS) is 16.8. The number of halogens is 1. The molecule has 1 aliphatic heterocycles. The average Bonchev–Trinajstić information content (AvgIpc) is 3.32. The van der Waals surface area contributed by atoms with Crippen LogP contribution in [0.2, 0.25) is 0 Å². The second kappa shape index (κ2) is 7.38. The number of carbonyl (C=O) groups excluding carboxylic acids is 1. The van der Waals surface area contributed by atoms with E-state index in [1.54, 1.807) is 12.1 Å². The summed E-state index contributed by atoms with van der Waals surface area (Å²) in [4.78, 5) is 19.4. The molecule has 0 radical (unpaired) electrons. The molecule has 0 aliphatic carbocycles. The Bertz CT molecular complexity index is 909. The van der Waals surface area contributed by atoms with Crippen LogP contribution >= 0.6 is 11.3 Å². The Morgan fingerprint density at radius 1 is 1.19 bits per heavy atom. The highest BCUT2D eigenvalue weighted by atomic mass is 32.1. The summed E-state index contributed by atoms with van der Waals surface area (Å²) in [5, 5.41) is 2.69. The fourth-order valence-corrected chi connectivity index (χ4v) is 4.28.